The highest BCUT2D eigenvalue weighted by Gasteiger charge is 2.23. The molecule has 1 heterocycles. The second kappa shape index (κ2) is 6.61. The molecule has 1 rings (SSSR count). The zero-order valence-electron chi connectivity index (χ0n) is 11.8. The van der Waals surface area contributed by atoms with E-state index in [9.17, 15) is 4.79 Å². The normalized spacial score (nSPS) is 11.3. The highest BCUT2D eigenvalue weighted by atomic mass is 79.9. The number of rotatable bonds is 4. The molecule has 106 valence electrons. The van der Waals surface area contributed by atoms with Crippen LogP contribution in [0.15, 0.2) is 15.6 Å². The monoisotopic (exact) mass is 346 g/mol. The first kappa shape index (κ1) is 16.3. The number of nitrogens with zero attached hydrogens (tertiary/aromatic N) is 1. The minimum absolute atomic E-state index is 0.354. The summed E-state index contributed by atoms with van der Waals surface area (Å²) in [5.74, 6) is 0.467. The van der Waals surface area contributed by atoms with Gasteiger partial charge >= 0.3 is 5.97 Å². The molecule has 19 heavy (non-hydrogen) atoms. The number of aromatic nitrogens is 1. The summed E-state index contributed by atoms with van der Waals surface area (Å²) in [7, 11) is 1.81. The Hall–Kier alpha value is -0.750. The first-order chi connectivity index (χ1) is 8.78. The van der Waals surface area contributed by atoms with Gasteiger partial charge in [0, 0.05) is 11.9 Å². The number of halogens is 1. The van der Waals surface area contributed by atoms with Gasteiger partial charge in [-0.2, -0.15) is 0 Å². The third kappa shape index (κ3) is 4.69. The number of carbonyl (C=O) groups excluding carboxylic acids is 1. The van der Waals surface area contributed by atoms with Crippen molar-refractivity contribution in [1.82, 2.24) is 4.98 Å². The van der Waals surface area contributed by atoms with Gasteiger partial charge in [0.15, 0.2) is 5.69 Å². The fourth-order valence-corrected chi connectivity index (χ4v) is 2.65. The average Bonchev–Trinajstić information content (AvgIpc) is 2.28. The Labute approximate surface area is 126 Å². The van der Waals surface area contributed by atoms with Crippen LogP contribution in [0, 0.1) is 0 Å². The molecule has 0 radical (unpaired) electrons. The number of hydrogen-bond donors (Lipinski definition) is 1. The van der Waals surface area contributed by atoms with E-state index < -0.39 is 11.6 Å². The van der Waals surface area contributed by atoms with Crippen LogP contribution in [-0.4, -0.2) is 29.4 Å². The summed E-state index contributed by atoms with van der Waals surface area (Å²) in [6.07, 6.45) is 0. The molecule has 6 heteroatoms. The molecule has 1 aromatic rings. The summed E-state index contributed by atoms with van der Waals surface area (Å²) in [6.45, 7) is 7.56. The van der Waals surface area contributed by atoms with Gasteiger partial charge < -0.3 is 10.1 Å². The lowest BCUT2D eigenvalue weighted by molar-refractivity contribution is 0.00584. The SMILES string of the molecule is CCSc1cc(NC)c(Br)nc1C(=O)OC(C)(C)C. The topological polar surface area (TPSA) is 51.2 Å². The molecule has 1 aromatic heterocycles. The van der Waals surface area contributed by atoms with E-state index in [0.717, 1.165) is 16.3 Å². The van der Waals surface area contributed by atoms with Crippen molar-refractivity contribution in [3.05, 3.63) is 16.4 Å². The second-order valence-corrected chi connectivity index (χ2v) is 6.92. The van der Waals surface area contributed by atoms with Crippen LogP contribution in [-0.2, 0) is 4.74 Å². The largest absolute Gasteiger partial charge is 0.455 e. The molecule has 0 unspecified atom stereocenters. The molecule has 0 aliphatic rings. The molecule has 0 saturated heterocycles. The van der Waals surface area contributed by atoms with Crippen molar-refractivity contribution >= 4 is 39.3 Å². The number of ether oxygens (including phenoxy) is 1. The van der Waals surface area contributed by atoms with Crippen molar-refractivity contribution in [3.63, 3.8) is 0 Å². The Morgan fingerprint density at radius 3 is 2.63 bits per heavy atom. The Bertz CT molecular complexity index is 472. The Morgan fingerprint density at radius 1 is 1.53 bits per heavy atom. The van der Waals surface area contributed by atoms with E-state index in [0.29, 0.717) is 10.3 Å². The van der Waals surface area contributed by atoms with Gasteiger partial charge in [0.05, 0.1) is 5.69 Å². The fraction of sp³-hybridized carbons (Fsp3) is 0.538. The van der Waals surface area contributed by atoms with E-state index in [2.05, 4.69) is 26.2 Å². The summed E-state index contributed by atoms with van der Waals surface area (Å²) in [4.78, 5) is 17.3. The van der Waals surface area contributed by atoms with Gasteiger partial charge in [-0.05, 0) is 48.5 Å². The lowest BCUT2D eigenvalue weighted by Gasteiger charge is -2.20. The second-order valence-electron chi connectivity index (χ2n) is 4.86. The molecule has 0 saturated carbocycles. The summed E-state index contributed by atoms with van der Waals surface area (Å²) in [5, 5.41) is 3.03. The van der Waals surface area contributed by atoms with Crippen LogP contribution in [0.1, 0.15) is 38.2 Å². The zero-order valence-corrected chi connectivity index (χ0v) is 14.2. The van der Waals surface area contributed by atoms with Gasteiger partial charge in [0.2, 0.25) is 0 Å². The van der Waals surface area contributed by atoms with Crippen molar-refractivity contribution in [3.8, 4) is 0 Å². The molecule has 0 aliphatic heterocycles. The van der Waals surface area contributed by atoms with E-state index in [1.807, 2.05) is 40.8 Å². The molecule has 0 spiro atoms. The third-order valence-corrected chi connectivity index (χ3v) is 3.62. The van der Waals surface area contributed by atoms with Gasteiger partial charge in [0.1, 0.15) is 10.2 Å². The van der Waals surface area contributed by atoms with Gasteiger partial charge in [0.25, 0.3) is 0 Å². The van der Waals surface area contributed by atoms with Crippen LogP contribution < -0.4 is 5.32 Å². The maximum absolute atomic E-state index is 12.2. The fourth-order valence-electron chi connectivity index (χ4n) is 1.39. The molecule has 4 nitrogen and oxygen atoms in total. The number of pyridine rings is 1. The molecular formula is C13H19BrN2O2S. The Balaban J connectivity index is 3.17. The number of nitrogens with one attached hydrogen (secondary N) is 1. The van der Waals surface area contributed by atoms with Crippen molar-refractivity contribution < 1.29 is 9.53 Å². The van der Waals surface area contributed by atoms with E-state index in [4.69, 9.17) is 4.74 Å². The Kier molecular flexibility index (Phi) is 5.67. The van der Waals surface area contributed by atoms with E-state index in [1.54, 1.807) is 11.8 Å². The smallest absolute Gasteiger partial charge is 0.358 e. The van der Waals surface area contributed by atoms with Gasteiger partial charge in [-0.25, -0.2) is 9.78 Å². The van der Waals surface area contributed by atoms with Crippen LogP contribution >= 0.6 is 27.7 Å². The molecule has 0 aromatic carbocycles. The van der Waals surface area contributed by atoms with Gasteiger partial charge in [-0.1, -0.05) is 6.92 Å². The molecule has 0 fully saturated rings. The van der Waals surface area contributed by atoms with Crippen LogP contribution in [0.2, 0.25) is 0 Å². The predicted octanol–water partition coefficient (Wildman–Crippen LogP) is 3.95. The zero-order chi connectivity index (χ0) is 14.6. The van der Waals surface area contributed by atoms with Crippen molar-refractivity contribution in [2.24, 2.45) is 0 Å². The highest BCUT2D eigenvalue weighted by molar-refractivity contribution is 9.10. The first-order valence-corrected chi connectivity index (χ1v) is 7.80. The summed E-state index contributed by atoms with van der Waals surface area (Å²) in [6, 6.07) is 1.91. The maximum atomic E-state index is 12.2. The van der Waals surface area contributed by atoms with E-state index in [-0.39, 0.29) is 0 Å². The molecule has 0 bridgehead atoms. The van der Waals surface area contributed by atoms with Crippen molar-refractivity contribution in [2.75, 3.05) is 18.1 Å². The molecular weight excluding hydrogens is 328 g/mol. The maximum Gasteiger partial charge on any atom is 0.358 e. The van der Waals surface area contributed by atoms with E-state index in [1.165, 1.54) is 0 Å². The highest BCUT2D eigenvalue weighted by Crippen LogP contribution is 2.30. The van der Waals surface area contributed by atoms with Crippen molar-refractivity contribution in [1.29, 1.82) is 0 Å². The molecule has 0 aliphatic carbocycles. The lowest BCUT2D eigenvalue weighted by Crippen LogP contribution is -2.25. The minimum Gasteiger partial charge on any atom is -0.455 e. The average molecular weight is 347 g/mol. The summed E-state index contributed by atoms with van der Waals surface area (Å²) in [5.41, 5.74) is 0.678. The first-order valence-electron chi connectivity index (χ1n) is 6.03. The van der Waals surface area contributed by atoms with Crippen LogP contribution in [0.4, 0.5) is 5.69 Å². The summed E-state index contributed by atoms with van der Waals surface area (Å²) < 4.78 is 5.99. The van der Waals surface area contributed by atoms with Gasteiger partial charge in [-0.15, -0.1) is 11.8 Å². The molecule has 0 atom stereocenters. The van der Waals surface area contributed by atoms with Crippen molar-refractivity contribution in [2.45, 2.75) is 38.2 Å². The standard InChI is InChI=1S/C13H19BrN2O2S/c1-6-19-9-7-8(15-5)11(14)16-10(9)12(17)18-13(2,3)4/h7,15H,6H2,1-5H3. The minimum atomic E-state index is -0.527. The number of carbonyl (C=O) groups is 1. The van der Waals surface area contributed by atoms with Crippen LogP contribution in [0.25, 0.3) is 0 Å². The third-order valence-electron chi connectivity index (χ3n) is 2.10. The van der Waals surface area contributed by atoms with Gasteiger partial charge in [-0.3, -0.25) is 0 Å². The number of esters is 1. The van der Waals surface area contributed by atoms with Crippen LogP contribution in [0.3, 0.4) is 0 Å². The summed E-state index contributed by atoms with van der Waals surface area (Å²) >= 11 is 4.92. The number of hydrogen-bond acceptors (Lipinski definition) is 5. The number of anilines is 1. The lowest BCUT2D eigenvalue weighted by atomic mass is 10.2. The Morgan fingerprint density at radius 2 is 2.16 bits per heavy atom. The molecule has 1 N–H and O–H groups in total. The molecule has 0 amide bonds. The van der Waals surface area contributed by atoms with E-state index >= 15 is 0 Å². The number of thioether (sulfide) groups is 1. The quantitative estimate of drug-likeness (QED) is 0.508. The van der Waals surface area contributed by atoms with Crippen LogP contribution in [0.5, 0.6) is 0 Å². The predicted molar refractivity (Wildman–Crippen MR) is 83.1 cm³/mol.